The number of nitrogens with two attached hydrogens (primary N) is 1. The lowest BCUT2D eigenvalue weighted by Gasteiger charge is -2.18. The highest BCUT2D eigenvalue weighted by Gasteiger charge is 2.19. The van der Waals surface area contributed by atoms with Gasteiger partial charge in [0.05, 0.1) is 0 Å². The molecular weight excluding hydrogens is 566 g/mol. The quantitative estimate of drug-likeness (QED) is 0.0468. The topological polar surface area (TPSA) is 84.2 Å². The number of carbonyl (C=O) groups excluding carboxylic acids is 2. The fraction of sp³-hybridized carbons (Fsp3) is 0.854. The minimum Gasteiger partial charge on any atom is -0.354 e. The van der Waals surface area contributed by atoms with Gasteiger partial charge in [-0.1, -0.05) is 147 Å². The molecule has 0 aliphatic heterocycles. The summed E-state index contributed by atoms with van der Waals surface area (Å²) in [4.78, 5) is 25.3. The minimum absolute atomic E-state index is 0.00736. The lowest BCUT2D eigenvalue weighted by Crippen LogP contribution is -2.47. The van der Waals surface area contributed by atoms with Crippen molar-refractivity contribution < 1.29 is 9.59 Å². The number of carbonyl (C=O) groups is 2. The summed E-state index contributed by atoms with van der Waals surface area (Å²) < 4.78 is 0. The van der Waals surface area contributed by atoms with Crippen molar-refractivity contribution in [3.63, 3.8) is 0 Å². The van der Waals surface area contributed by atoms with Gasteiger partial charge >= 0.3 is 0 Å². The first-order chi connectivity index (χ1) is 22.7. The van der Waals surface area contributed by atoms with E-state index in [0.29, 0.717) is 25.9 Å². The summed E-state index contributed by atoms with van der Waals surface area (Å²) in [5.74, 6) is -0.0638. The molecule has 1 unspecified atom stereocenters. The van der Waals surface area contributed by atoms with Gasteiger partial charge in [0.1, 0.15) is 6.04 Å². The summed E-state index contributed by atoms with van der Waals surface area (Å²) in [6, 6.07) is -0.465. The van der Waals surface area contributed by atoms with E-state index < -0.39 is 6.04 Å². The second kappa shape index (κ2) is 37.8. The number of hydrogen-bond donors (Lipinski definition) is 3. The molecule has 0 aromatic heterocycles. The number of allylic oxidation sites excluding steroid dienone is 4. The molecule has 0 saturated heterocycles. The van der Waals surface area contributed by atoms with E-state index in [9.17, 15) is 9.59 Å². The van der Waals surface area contributed by atoms with E-state index in [1.165, 1.54) is 148 Å². The van der Waals surface area contributed by atoms with Crippen LogP contribution in [-0.2, 0) is 9.59 Å². The summed E-state index contributed by atoms with van der Waals surface area (Å²) in [7, 11) is 0. The Bertz CT molecular complexity index is 706. The number of rotatable bonds is 36. The second-order valence-corrected chi connectivity index (χ2v) is 13.6. The monoisotopic (exact) mass is 646 g/mol. The molecular formula is C41H79N3O2. The predicted molar refractivity (Wildman–Crippen MR) is 202 cm³/mol. The van der Waals surface area contributed by atoms with Gasteiger partial charge in [0.15, 0.2) is 0 Å². The van der Waals surface area contributed by atoms with Crippen LogP contribution in [0, 0.1) is 0 Å². The van der Waals surface area contributed by atoms with E-state index in [2.05, 4.69) is 48.8 Å². The highest BCUT2D eigenvalue weighted by Crippen LogP contribution is 2.12. The fourth-order valence-electron chi connectivity index (χ4n) is 5.92. The molecule has 0 saturated carbocycles. The van der Waals surface area contributed by atoms with Gasteiger partial charge in [-0.25, -0.2) is 0 Å². The maximum absolute atomic E-state index is 12.8. The Balaban J connectivity index is 3.78. The third-order valence-electron chi connectivity index (χ3n) is 9.00. The summed E-state index contributed by atoms with van der Waals surface area (Å²) in [6.07, 6.45) is 45.4. The predicted octanol–water partition coefficient (Wildman–Crippen LogP) is 11.4. The molecule has 0 fully saturated rings. The van der Waals surface area contributed by atoms with Gasteiger partial charge < -0.3 is 16.4 Å². The zero-order valence-corrected chi connectivity index (χ0v) is 30.9. The third-order valence-corrected chi connectivity index (χ3v) is 9.00. The maximum Gasteiger partial charge on any atom is 0.242 e. The molecule has 5 nitrogen and oxygen atoms in total. The first-order valence-corrected chi connectivity index (χ1v) is 20.2. The van der Waals surface area contributed by atoms with Crippen molar-refractivity contribution >= 4 is 11.8 Å². The van der Waals surface area contributed by atoms with Crippen LogP contribution in [0.2, 0.25) is 0 Å². The molecule has 1 atom stereocenters. The van der Waals surface area contributed by atoms with Crippen LogP contribution in [0.5, 0.6) is 0 Å². The highest BCUT2D eigenvalue weighted by atomic mass is 16.2. The van der Waals surface area contributed by atoms with Crippen LogP contribution in [0.1, 0.15) is 206 Å². The van der Waals surface area contributed by atoms with Crippen molar-refractivity contribution in [2.45, 2.75) is 213 Å². The molecule has 270 valence electrons. The van der Waals surface area contributed by atoms with E-state index in [0.717, 1.165) is 32.1 Å². The van der Waals surface area contributed by atoms with Crippen molar-refractivity contribution in [2.24, 2.45) is 5.73 Å². The Morgan fingerprint density at radius 3 is 1.35 bits per heavy atom. The van der Waals surface area contributed by atoms with Gasteiger partial charge in [-0.15, -0.1) is 0 Å². The first kappa shape index (κ1) is 44.4. The van der Waals surface area contributed by atoms with Gasteiger partial charge in [0.25, 0.3) is 0 Å². The van der Waals surface area contributed by atoms with Gasteiger partial charge in [0, 0.05) is 13.0 Å². The van der Waals surface area contributed by atoms with Crippen LogP contribution >= 0.6 is 0 Å². The van der Waals surface area contributed by atoms with Crippen LogP contribution in [0.4, 0.5) is 0 Å². The molecule has 2 amide bonds. The van der Waals surface area contributed by atoms with Crippen molar-refractivity contribution in [2.75, 3.05) is 13.1 Å². The minimum atomic E-state index is -0.465. The molecule has 0 bridgehead atoms. The molecule has 0 spiro atoms. The number of unbranched alkanes of at least 4 members (excludes halogenated alkanes) is 23. The molecule has 0 aliphatic rings. The average molecular weight is 646 g/mol. The Labute approximate surface area is 287 Å². The maximum atomic E-state index is 12.8. The molecule has 0 aliphatic carbocycles. The molecule has 5 heteroatoms. The van der Waals surface area contributed by atoms with Gasteiger partial charge in [0.2, 0.25) is 11.8 Å². The van der Waals surface area contributed by atoms with E-state index >= 15 is 0 Å². The Kier molecular flexibility index (Phi) is 36.5. The van der Waals surface area contributed by atoms with Crippen LogP contribution < -0.4 is 16.4 Å². The number of hydrogen-bond acceptors (Lipinski definition) is 3. The van der Waals surface area contributed by atoms with E-state index in [-0.39, 0.29) is 11.8 Å². The highest BCUT2D eigenvalue weighted by molar-refractivity contribution is 5.87. The summed E-state index contributed by atoms with van der Waals surface area (Å²) in [5, 5.41) is 6.05. The van der Waals surface area contributed by atoms with Gasteiger partial charge in [-0.05, 0) is 83.6 Å². The van der Waals surface area contributed by atoms with E-state index in [1.807, 2.05) is 0 Å². The molecule has 0 aromatic rings. The molecule has 0 heterocycles. The Morgan fingerprint density at radius 2 is 0.913 bits per heavy atom. The molecule has 0 aromatic carbocycles. The zero-order valence-electron chi connectivity index (χ0n) is 30.9. The number of nitrogens with one attached hydrogen (secondary N) is 2. The average Bonchev–Trinajstić information content (AvgIpc) is 3.06. The van der Waals surface area contributed by atoms with Crippen molar-refractivity contribution in [1.29, 1.82) is 0 Å². The molecule has 0 radical (unpaired) electrons. The third kappa shape index (κ3) is 33.7. The van der Waals surface area contributed by atoms with E-state index in [1.54, 1.807) is 0 Å². The Morgan fingerprint density at radius 1 is 0.522 bits per heavy atom. The van der Waals surface area contributed by atoms with Crippen molar-refractivity contribution in [3.8, 4) is 0 Å². The van der Waals surface area contributed by atoms with Crippen LogP contribution in [-0.4, -0.2) is 30.9 Å². The van der Waals surface area contributed by atoms with Crippen molar-refractivity contribution in [3.05, 3.63) is 24.3 Å². The van der Waals surface area contributed by atoms with Crippen LogP contribution in [0.15, 0.2) is 24.3 Å². The number of amides is 2. The van der Waals surface area contributed by atoms with Gasteiger partial charge in [-0.3, -0.25) is 9.59 Å². The SMILES string of the molecule is CCCCCCCCC=CCCCCCCCCNC(=O)C(CCCN)NC(=O)CCCCCCCC=CCCCCCCCC. The molecule has 46 heavy (non-hydrogen) atoms. The smallest absolute Gasteiger partial charge is 0.242 e. The first-order valence-electron chi connectivity index (χ1n) is 20.2. The summed E-state index contributed by atoms with van der Waals surface area (Å²) in [5.41, 5.74) is 5.70. The summed E-state index contributed by atoms with van der Waals surface area (Å²) in [6.45, 7) is 5.75. The fourth-order valence-corrected chi connectivity index (χ4v) is 5.92. The molecule has 0 rings (SSSR count). The van der Waals surface area contributed by atoms with Crippen molar-refractivity contribution in [1.82, 2.24) is 10.6 Å². The van der Waals surface area contributed by atoms with Crippen LogP contribution in [0.3, 0.4) is 0 Å². The largest absolute Gasteiger partial charge is 0.354 e. The molecule has 4 N–H and O–H groups in total. The lowest BCUT2D eigenvalue weighted by molar-refractivity contribution is -0.129. The lowest BCUT2D eigenvalue weighted by atomic mass is 10.1. The van der Waals surface area contributed by atoms with Crippen LogP contribution in [0.25, 0.3) is 0 Å². The van der Waals surface area contributed by atoms with E-state index in [4.69, 9.17) is 5.73 Å². The second-order valence-electron chi connectivity index (χ2n) is 13.6. The normalized spacial score (nSPS) is 12.3. The standard InChI is InChI=1S/C41H79N3O2/c1-3-5-7-9-11-13-15-17-19-21-23-25-27-29-31-33-38-43-41(46)39(35-34-37-42)44-40(45)36-32-30-28-26-24-22-20-18-16-14-12-10-8-6-4-2/h17-20,39H,3-16,21-38,42H2,1-2H3,(H,43,46)(H,44,45). The Hall–Kier alpha value is -1.62. The van der Waals surface area contributed by atoms with Gasteiger partial charge in [-0.2, -0.15) is 0 Å². The zero-order chi connectivity index (χ0) is 33.6. The summed E-state index contributed by atoms with van der Waals surface area (Å²) >= 11 is 0.